The fourth-order valence-corrected chi connectivity index (χ4v) is 4.27. The normalized spacial score (nSPS) is 11.4. The molecule has 0 radical (unpaired) electrons. The predicted molar refractivity (Wildman–Crippen MR) is 124 cm³/mol. The lowest BCUT2D eigenvalue weighted by Gasteiger charge is -2.14. The molecule has 1 aliphatic heterocycles. The van der Waals surface area contributed by atoms with Crippen molar-refractivity contribution in [2.45, 2.75) is 0 Å². The molecule has 3 aromatic carbocycles. The van der Waals surface area contributed by atoms with Gasteiger partial charge in [0.1, 0.15) is 16.9 Å². The Balaban J connectivity index is 2.03. The molecule has 164 valence electrons. The van der Waals surface area contributed by atoms with Crippen LogP contribution in [0.5, 0.6) is 11.5 Å². The lowest BCUT2D eigenvalue weighted by atomic mass is 10.0. The Kier molecular flexibility index (Phi) is 5.15. The Labute approximate surface area is 194 Å². The molecular weight excluding hydrogens is 442 g/mol. The van der Waals surface area contributed by atoms with Crippen molar-refractivity contribution in [3.8, 4) is 39.7 Å². The van der Waals surface area contributed by atoms with Gasteiger partial charge in [-0.1, -0.05) is 48.0 Å². The molecule has 0 atom stereocenters. The zero-order chi connectivity index (χ0) is 23.1. The molecule has 0 saturated heterocycles. The molecule has 0 fully saturated rings. The van der Waals surface area contributed by atoms with Gasteiger partial charge in [0, 0.05) is 10.6 Å². The first-order chi connectivity index (χ1) is 16.0. The number of ether oxygens (including phenoxy) is 3. The van der Waals surface area contributed by atoms with E-state index in [4.69, 9.17) is 25.8 Å². The second kappa shape index (κ2) is 8.15. The van der Waals surface area contributed by atoms with Gasteiger partial charge in [-0.2, -0.15) is 0 Å². The van der Waals surface area contributed by atoms with Crippen LogP contribution in [0.2, 0.25) is 5.02 Å². The van der Waals surface area contributed by atoms with Crippen molar-refractivity contribution in [2.75, 3.05) is 14.2 Å². The number of nitrogens with zero attached hydrogens (tertiary/aromatic N) is 1. The number of methoxy groups -OCH3 is 2. The average molecular weight is 460 g/mol. The highest BCUT2D eigenvalue weighted by molar-refractivity contribution is 6.30. The summed E-state index contributed by atoms with van der Waals surface area (Å²) in [6.07, 6.45) is 0. The molecule has 0 N–H and O–H groups in total. The van der Waals surface area contributed by atoms with Crippen LogP contribution >= 0.6 is 11.6 Å². The molecule has 1 aromatic heterocycles. The number of carbonyl (C=O) groups is 2. The van der Waals surface area contributed by atoms with Gasteiger partial charge in [-0.15, -0.1) is 0 Å². The first-order valence-corrected chi connectivity index (χ1v) is 10.5. The van der Waals surface area contributed by atoms with E-state index in [1.807, 2.05) is 53.1 Å². The maximum Gasteiger partial charge on any atom is 0.340 e. The number of para-hydroxylation sites is 3. The molecular formula is C26H18ClNO5. The first kappa shape index (κ1) is 20.8. The van der Waals surface area contributed by atoms with Crippen molar-refractivity contribution < 1.29 is 23.8 Å². The van der Waals surface area contributed by atoms with E-state index in [0.717, 1.165) is 0 Å². The van der Waals surface area contributed by atoms with E-state index in [1.165, 1.54) is 14.2 Å². The second-order valence-corrected chi connectivity index (χ2v) is 7.78. The van der Waals surface area contributed by atoms with Crippen LogP contribution in [0.4, 0.5) is 0 Å². The summed E-state index contributed by atoms with van der Waals surface area (Å²) in [6, 6.07) is 21.8. The number of hydrogen-bond acceptors (Lipinski definition) is 5. The Bertz CT molecular complexity index is 1400. The maximum absolute atomic E-state index is 13.2. The summed E-state index contributed by atoms with van der Waals surface area (Å²) in [5.74, 6) is -0.197. The summed E-state index contributed by atoms with van der Waals surface area (Å²) >= 11 is 6.13. The highest BCUT2D eigenvalue weighted by Crippen LogP contribution is 2.48. The van der Waals surface area contributed by atoms with Gasteiger partial charge in [0.25, 0.3) is 0 Å². The summed E-state index contributed by atoms with van der Waals surface area (Å²) in [7, 11) is 2.56. The number of benzene rings is 3. The van der Waals surface area contributed by atoms with Crippen molar-refractivity contribution in [3.63, 3.8) is 0 Å². The number of aromatic nitrogens is 1. The van der Waals surface area contributed by atoms with Crippen molar-refractivity contribution in [3.05, 3.63) is 88.9 Å². The van der Waals surface area contributed by atoms with Crippen molar-refractivity contribution in [1.29, 1.82) is 0 Å². The molecule has 0 aliphatic carbocycles. The Morgan fingerprint density at radius 3 is 2.00 bits per heavy atom. The Morgan fingerprint density at radius 2 is 1.33 bits per heavy atom. The molecule has 2 heterocycles. The summed E-state index contributed by atoms with van der Waals surface area (Å²) in [5.41, 5.74) is 3.13. The van der Waals surface area contributed by atoms with Crippen molar-refractivity contribution in [1.82, 2.24) is 4.57 Å². The molecule has 6 nitrogen and oxygen atoms in total. The van der Waals surface area contributed by atoms with E-state index < -0.39 is 11.9 Å². The van der Waals surface area contributed by atoms with Gasteiger partial charge < -0.3 is 18.8 Å². The third-order valence-corrected chi connectivity index (χ3v) is 5.79. The lowest BCUT2D eigenvalue weighted by Crippen LogP contribution is -2.11. The van der Waals surface area contributed by atoms with Crippen LogP contribution in [0.1, 0.15) is 20.7 Å². The predicted octanol–water partition coefficient (Wildman–Crippen LogP) is 6.14. The van der Waals surface area contributed by atoms with Crippen molar-refractivity contribution >= 4 is 23.5 Å². The van der Waals surface area contributed by atoms with Crippen LogP contribution in [0, 0.1) is 0 Å². The van der Waals surface area contributed by atoms with Crippen LogP contribution < -0.4 is 4.74 Å². The summed E-state index contributed by atoms with van der Waals surface area (Å²) in [5, 5.41) is 0.545. The van der Waals surface area contributed by atoms with Gasteiger partial charge >= 0.3 is 11.9 Å². The Morgan fingerprint density at radius 1 is 0.758 bits per heavy atom. The minimum absolute atomic E-state index is 0.0991. The zero-order valence-corrected chi connectivity index (χ0v) is 18.6. The number of fused-ring (bicyclic) bond motifs is 5. The molecule has 1 aliphatic rings. The molecule has 0 bridgehead atoms. The highest BCUT2D eigenvalue weighted by Gasteiger charge is 2.37. The SMILES string of the molecule is COC(=O)c1c(C(=O)OC)c2n(c1-c1ccc(Cl)cc1)-c1ccccc1Oc1ccccc1-2. The molecule has 0 saturated carbocycles. The van der Waals surface area contributed by atoms with Crippen LogP contribution in [-0.2, 0) is 9.47 Å². The summed E-state index contributed by atoms with van der Waals surface area (Å²) in [6.45, 7) is 0. The third-order valence-electron chi connectivity index (χ3n) is 5.54. The van der Waals surface area contributed by atoms with Crippen molar-refractivity contribution in [2.24, 2.45) is 0 Å². The zero-order valence-electron chi connectivity index (χ0n) is 17.8. The fraction of sp³-hybridized carbons (Fsp3) is 0.0769. The quantitative estimate of drug-likeness (QED) is 0.303. The van der Waals surface area contributed by atoms with Crippen LogP contribution in [0.3, 0.4) is 0 Å². The molecule has 4 aromatic rings. The largest absolute Gasteiger partial charge is 0.465 e. The van der Waals surface area contributed by atoms with Gasteiger partial charge in [-0.25, -0.2) is 9.59 Å². The smallest absolute Gasteiger partial charge is 0.340 e. The lowest BCUT2D eigenvalue weighted by molar-refractivity contribution is 0.0558. The highest BCUT2D eigenvalue weighted by atomic mass is 35.5. The fourth-order valence-electron chi connectivity index (χ4n) is 4.15. The number of hydrogen-bond donors (Lipinski definition) is 0. The minimum atomic E-state index is -0.659. The van der Waals surface area contributed by atoms with Gasteiger partial charge in [-0.3, -0.25) is 0 Å². The van der Waals surface area contributed by atoms with Gasteiger partial charge in [-0.05, 0) is 42.0 Å². The van der Waals surface area contributed by atoms with E-state index in [-0.39, 0.29) is 11.1 Å². The molecule has 5 rings (SSSR count). The first-order valence-electron chi connectivity index (χ1n) is 10.1. The molecule has 33 heavy (non-hydrogen) atoms. The standard InChI is InChI=1S/C26H18ClNO5/c1-31-25(29)21-22(26(30)32-2)24-17-7-3-5-9-19(17)33-20-10-6-4-8-18(20)28(24)23(21)15-11-13-16(27)14-12-15/h3-14H,1-2H3. The minimum Gasteiger partial charge on any atom is -0.465 e. The Hall–Kier alpha value is -4.03. The van der Waals surface area contributed by atoms with E-state index in [2.05, 4.69) is 0 Å². The molecule has 0 spiro atoms. The van der Waals surface area contributed by atoms with E-state index in [1.54, 1.807) is 24.3 Å². The van der Waals surface area contributed by atoms with Gasteiger partial charge in [0.2, 0.25) is 0 Å². The van der Waals surface area contributed by atoms with E-state index in [9.17, 15) is 9.59 Å². The molecule has 0 unspecified atom stereocenters. The maximum atomic E-state index is 13.2. The van der Waals surface area contributed by atoms with Crippen LogP contribution in [0.25, 0.3) is 28.2 Å². The second-order valence-electron chi connectivity index (χ2n) is 7.34. The monoisotopic (exact) mass is 459 g/mol. The van der Waals surface area contributed by atoms with Gasteiger partial charge in [0.05, 0.1) is 31.3 Å². The number of esters is 2. The van der Waals surface area contributed by atoms with E-state index in [0.29, 0.717) is 44.7 Å². The average Bonchev–Trinajstić information content (AvgIpc) is 3.12. The number of halogens is 1. The van der Waals surface area contributed by atoms with Crippen LogP contribution in [-0.4, -0.2) is 30.7 Å². The third kappa shape index (κ3) is 3.27. The summed E-state index contributed by atoms with van der Waals surface area (Å²) in [4.78, 5) is 26.3. The number of rotatable bonds is 3. The van der Waals surface area contributed by atoms with Crippen LogP contribution in [0.15, 0.2) is 72.8 Å². The molecule has 0 amide bonds. The van der Waals surface area contributed by atoms with E-state index >= 15 is 0 Å². The number of carbonyl (C=O) groups excluding carboxylic acids is 2. The summed E-state index contributed by atoms with van der Waals surface area (Å²) < 4.78 is 18.3. The molecule has 7 heteroatoms. The topological polar surface area (TPSA) is 66.8 Å². The van der Waals surface area contributed by atoms with Gasteiger partial charge in [0.15, 0.2) is 5.75 Å².